The Labute approximate surface area is 130 Å². The van der Waals surface area contributed by atoms with Gasteiger partial charge in [0.15, 0.2) is 0 Å². The predicted molar refractivity (Wildman–Crippen MR) is 90.2 cm³/mol. The van der Waals surface area contributed by atoms with Crippen LogP contribution >= 0.6 is 11.8 Å². The van der Waals surface area contributed by atoms with Crippen molar-refractivity contribution >= 4 is 17.4 Å². The van der Waals surface area contributed by atoms with Gasteiger partial charge >= 0.3 is 0 Å². The number of hydrogen-bond acceptors (Lipinski definition) is 4. The third-order valence-electron chi connectivity index (χ3n) is 3.09. The van der Waals surface area contributed by atoms with E-state index in [1.54, 1.807) is 0 Å². The SMILES string of the molecule is CSCC(Nc1ccc(OCCO)cc1)c1ccccc1. The molecule has 2 aromatic rings. The van der Waals surface area contributed by atoms with E-state index in [9.17, 15) is 0 Å². The zero-order valence-corrected chi connectivity index (χ0v) is 13.0. The standard InChI is InChI=1S/C17H21NO2S/c1-21-13-17(14-5-3-2-4-6-14)18-15-7-9-16(10-8-15)20-12-11-19/h2-10,17-19H,11-13H2,1H3. The lowest BCUT2D eigenvalue weighted by Gasteiger charge is -2.19. The average molecular weight is 303 g/mol. The minimum absolute atomic E-state index is 0.0316. The molecule has 4 heteroatoms. The lowest BCUT2D eigenvalue weighted by molar-refractivity contribution is 0.201. The van der Waals surface area contributed by atoms with Crippen molar-refractivity contribution in [1.82, 2.24) is 0 Å². The van der Waals surface area contributed by atoms with Crippen LogP contribution in [0.15, 0.2) is 54.6 Å². The minimum atomic E-state index is 0.0316. The molecular weight excluding hydrogens is 282 g/mol. The van der Waals surface area contributed by atoms with E-state index in [2.05, 4.69) is 35.8 Å². The highest BCUT2D eigenvalue weighted by Gasteiger charge is 2.10. The van der Waals surface area contributed by atoms with Gasteiger partial charge in [-0.25, -0.2) is 0 Å². The van der Waals surface area contributed by atoms with Crippen molar-refractivity contribution < 1.29 is 9.84 Å². The van der Waals surface area contributed by atoms with Gasteiger partial charge in [0.2, 0.25) is 0 Å². The van der Waals surface area contributed by atoms with E-state index < -0.39 is 0 Å². The van der Waals surface area contributed by atoms with Gasteiger partial charge < -0.3 is 15.2 Å². The molecule has 1 atom stereocenters. The zero-order chi connectivity index (χ0) is 14.9. The van der Waals surface area contributed by atoms with Crippen LogP contribution in [0.3, 0.4) is 0 Å². The first-order valence-corrected chi connectivity index (χ1v) is 8.37. The molecule has 0 aliphatic heterocycles. The van der Waals surface area contributed by atoms with Crippen LogP contribution in [0.2, 0.25) is 0 Å². The van der Waals surface area contributed by atoms with Crippen LogP contribution in [0.5, 0.6) is 5.75 Å². The molecule has 0 amide bonds. The van der Waals surface area contributed by atoms with Crippen LogP contribution in [-0.2, 0) is 0 Å². The number of ether oxygens (including phenoxy) is 1. The van der Waals surface area contributed by atoms with Gasteiger partial charge in [0, 0.05) is 11.4 Å². The fourth-order valence-corrected chi connectivity index (χ4v) is 2.69. The molecule has 1 unspecified atom stereocenters. The van der Waals surface area contributed by atoms with Crippen molar-refractivity contribution in [2.75, 3.05) is 30.5 Å². The summed E-state index contributed by atoms with van der Waals surface area (Å²) in [7, 11) is 0. The first-order valence-electron chi connectivity index (χ1n) is 6.97. The number of hydrogen-bond donors (Lipinski definition) is 2. The number of benzene rings is 2. The number of aliphatic hydroxyl groups is 1. The summed E-state index contributed by atoms with van der Waals surface area (Å²) < 4.78 is 5.37. The topological polar surface area (TPSA) is 41.5 Å². The van der Waals surface area contributed by atoms with Crippen LogP contribution < -0.4 is 10.1 Å². The van der Waals surface area contributed by atoms with Gasteiger partial charge in [0.1, 0.15) is 12.4 Å². The highest BCUT2D eigenvalue weighted by Crippen LogP contribution is 2.24. The number of anilines is 1. The lowest BCUT2D eigenvalue weighted by atomic mass is 10.1. The second kappa shape index (κ2) is 8.60. The lowest BCUT2D eigenvalue weighted by Crippen LogP contribution is -2.13. The van der Waals surface area contributed by atoms with Gasteiger partial charge in [0.05, 0.1) is 12.6 Å². The molecule has 2 rings (SSSR count). The van der Waals surface area contributed by atoms with Crippen LogP contribution in [0.4, 0.5) is 5.69 Å². The van der Waals surface area contributed by atoms with Crippen LogP contribution in [0.25, 0.3) is 0 Å². The Balaban J connectivity index is 2.03. The third kappa shape index (κ3) is 4.99. The summed E-state index contributed by atoms with van der Waals surface area (Å²) in [4.78, 5) is 0. The molecule has 0 heterocycles. The molecule has 0 aromatic heterocycles. The van der Waals surface area contributed by atoms with Crippen molar-refractivity contribution in [2.24, 2.45) is 0 Å². The van der Waals surface area contributed by atoms with Gasteiger partial charge in [-0.2, -0.15) is 11.8 Å². The Kier molecular flexibility index (Phi) is 6.44. The van der Waals surface area contributed by atoms with E-state index in [1.807, 2.05) is 42.1 Å². The van der Waals surface area contributed by atoms with Crippen LogP contribution in [0.1, 0.15) is 11.6 Å². The number of nitrogens with one attached hydrogen (secondary N) is 1. The van der Waals surface area contributed by atoms with Gasteiger partial charge in [-0.05, 0) is 36.1 Å². The molecule has 0 aliphatic carbocycles. The first kappa shape index (κ1) is 15.7. The van der Waals surface area contributed by atoms with Crippen molar-refractivity contribution in [3.05, 3.63) is 60.2 Å². The summed E-state index contributed by atoms with van der Waals surface area (Å²) >= 11 is 1.82. The Morgan fingerprint density at radius 2 is 1.81 bits per heavy atom. The van der Waals surface area contributed by atoms with E-state index in [-0.39, 0.29) is 12.6 Å². The molecule has 21 heavy (non-hydrogen) atoms. The van der Waals surface area contributed by atoms with E-state index in [0.717, 1.165) is 17.2 Å². The predicted octanol–water partition coefficient (Wildman–Crippen LogP) is 3.57. The van der Waals surface area contributed by atoms with Gasteiger partial charge in [-0.15, -0.1) is 0 Å². The number of rotatable bonds is 8. The van der Waals surface area contributed by atoms with Gasteiger partial charge in [-0.3, -0.25) is 0 Å². The summed E-state index contributed by atoms with van der Waals surface area (Å²) in [5, 5.41) is 12.3. The monoisotopic (exact) mass is 303 g/mol. The minimum Gasteiger partial charge on any atom is -0.491 e. The Bertz CT molecular complexity index is 516. The van der Waals surface area contributed by atoms with Crippen LogP contribution in [-0.4, -0.2) is 30.3 Å². The average Bonchev–Trinajstić information content (AvgIpc) is 2.54. The molecule has 0 saturated carbocycles. The van der Waals surface area contributed by atoms with E-state index in [0.29, 0.717) is 6.61 Å². The highest BCUT2D eigenvalue weighted by atomic mass is 32.2. The summed E-state index contributed by atoms with van der Waals surface area (Å²) in [6.07, 6.45) is 2.11. The van der Waals surface area contributed by atoms with Crippen molar-refractivity contribution in [3.63, 3.8) is 0 Å². The Morgan fingerprint density at radius 1 is 1.10 bits per heavy atom. The molecular formula is C17H21NO2S. The molecule has 0 fully saturated rings. The molecule has 0 aliphatic rings. The molecule has 0 radical (unpaired) electrons. The normalized spacial score (nSPS) is 11.9. The van der Waals surface area contributed by atoms with Crippen molar-refractivity contribution in [3.8, 4) is 5.75 Å². The Morgan fingerprint density at radius 3 is 2.43 bits per heavy atom. The maximum Gasteiger partial charge on any atom is 0.119 e. The summed E-state index contributed by atoms with van der Waals surface area (Å²) in [5.41, 5.74) is 2.35. The number of aliphatic hydroxyl groups excluding tert-OH is 1. The second-order valence-electron chi connectivity index (χ2n) is 4.66. The molecule has 0 spiro atoms. The maximum absolute atomic E-state index is 8.75. The molecule has 3 nitrogen and oxygen atoms in total. The fraction of sp³-hybridized carbons (Fsp3) is 0.294. The summed E-state index contributed by atoms with van der Waals surface area (Å²) in [6.45, 7) is 0.357. The van der Waals surface area contributed by atoms with Gasteiger partial charge in [0.25, 0.3) is 0 Å². The van der Waals surface area contributed by atoms with Gasteiger partial charge in [-0.1, -0.05) is 30.3 Å². The zero-order valence-electron chi connectivity index (χ0n) is 12.2. The maximum atomic E-state index is 8.75. The van der Waals surface area contributed by atoms with Crippen molar-refractivity contribution in [2.45, 2.75) is 6.04 Å². The van der Waals surface area contributed by atoms with E-state index >= 15 is 0 Å². The number of thioether (sulfide) groups is 1. The molecule has 112 valence electrons. The molecule has 0 saturated heterocycles. The Hall–Kier alpha value is -1.65. The summed E-state index contributed by atoms with van der Waals surface area (Å²) in [5.74, 6) is 1.78. The first-order chi connectivity index (χ1) is 10.3. The quantitative estimate of drug-likeness (QED) is 0.782. The van der Waals surface area contributed by atoms with E-state index in [4.69, 9.17) is 9.84 Å². The molecule has 0 bridgehead atoms. The van der Waals surface area contributed by atoms with Crippen LogP contribution in [0, 0.1) is 0 Å². The molecule has 2 N–H and O–H groups in total. The van der Waals surface area contributed by atoms with E-state index in [1.165, 1.54) is 5.56 Å². The smallest absolute Gasteiger partial charge is 0.119 e. The largest absolute Gasteiger partial charge is 0.491 e. The second-order valence-corrected chi connectivity index (χ2v) is 5.57. The van der Waals surface area contributed by atoms with Crippen molar-refractivity contribution in [1.29, 1.82) is 0 Å². The highest BCUT2D eigenvalue weighted by molar-refractivity contribution is 7.98. The third-order valence-corrected chi connectivity index (χ3v) is 3.76. The summed E-state index contributed by atoms with van der Waals surface area (Å²) in [6, 6.07) is 18.6. The fourth-order valence-electron chi connectivity index (χ4n) is 2.09. The molecule has 2 aromatic carbocycles.